The first kappa shape index (κ1) is 10.5. The fourth-order valence-corrected chi connectivity index (χ4v) is 3.14. The molecule has 0 spiro atoms. The summed E-state index contributed by atoms with van der Waals surface area (Å²) in [7, 11) is -1.07. The zero-order valence-corrected chi connectivity index (χ0v) is 10.2. The molecule has 0 aliphatic carbocycles. The smallest absolute Gasteiger partial charge is 0.143 e. The summed E-state index contributed by atoms with van der Waals surface area (Å²) in [5, 5.41) is 0. The van der Waals surface area contributed by atoms with E-state index in [0.29, 0.717) is 11.5 Å². The van der Waals surface area contributed by atoms with Crippen LogP contribution in [0.25, 0.3) is 0 Å². The van der Waals surface area contributed by atoms with Crippen molar-refractivity contribution < 1.29 is 8.95 Å². The first-order valence-electron chi connectivity index (χ1n) is 5.34. The minimum atomic E-state index is -1.07. The van der Waals surface area contributed by atoms with E-state index in [1.807, 2.05) is 31.2 Å². The van der Waals surface area contributed by atoms with Gasteiger partial charge >= 0.3 is 0 Å². The largest absolute Gasteiger partial charge is 0.456 e. The van der Waals surface area contributed by atoms with E-state index in [9.17, 15) is 4.21 Å². The van der Waals surface area contributed by atoms with Crippen LogP contribution >= 0.6 is 0 Å². The van der Waals surface area contributed by atoms with Crippen LogP contribution < -0.4 is 4.74 Å². The van der Waals surface area contributed by atoms with Gasteiger partial charge in [0.05, 0.1) is 21.4 Å². The third kappa shape index (κ3) is 1.85. The maximum absolute atomic E-state index is 12.2. The van der Waals surface area contributed by atoms with Gasteiger partial charge < -0.3 is 4.74 Å². The van der Waals surface area contributed by atoms with E-state index >= 15 is 0 Å². The molecule has 0 radical (unpaired) electrons. The van der Waals surface area contributed by atoms with Crippen molar-refractivity contribution in [3.8, 4) is 11.5 Å². The highest BCUT2D eigenvalue weighted by molar-refractivity contribution is 7.84. The van der Waals surface area contributed by atoms with Gasteiger partial charge in [-0.15, -0.1) is 0 Å². The summed E-state index contributed by atoms with van der Waals surface area (Å²) >= 11 is 0. The van der Waals surface area contributed by atoms with Crippen molar-refractivity contribution in [1.82, 2.24) is 4.98 Å². The number of aromatic nitrogens is 1. The van der Waals surface area contributed by atoms with Crippen LogP contribution in [0.3, 0.4) is 0 Å². The Hall–Kier alpha value is -1.68. The van der Waals surface area contributed by atoms with Gasteiger partial charge in [-0.3, -0.25) is 9.19 Å². The van der Waals surface area contributed by atoms with Crippen molar-refractivity contribution in [2.24, 2.45) is 0 Å². The van der Waals surface area contributed by atoms with Crippen LogP contribution in [0.1, 0.15) is 11.1 Å². The number of aryl methyl sites for hydroxylation is 1. The van der Waals surface area contributed by atoms with Gasteiger partial charge in [-0.2, -0.15) is 0 Å². The molecule has 3 nitrogen and oxygen atoms in total. The molecule has 1 atom stereocenters. The number of ether oxygens (including phenoxy) is 1. The second-order valence-corrected chi connectivity index (χ2v) is 5.45. The molecule has 0 saturated carbocycles. The molecule has 1 aliphatic rings. The predicted molar refractivity (Wildman–Crippen MR) is 65.6 cm³/mol. The van der Waals surface area contributed by atoms with E-state index < -0.39 is 10.8 Å². The van der Waals surface area contributed by atoms with Crippen molar-refractivity contribution in [2.45, 2.75) is 17.6 Å². The molecule has 1 aromatic heterocycles. The Bertz CT molecular complexity index is 610. The van der Waals surface area contributed by atoms with Gasteiger partial charge in [0.1, 0.15) is 11.5 Å². The Labute approximate surface area is 102 Å². The van der Waals surface area contributed by atoms with Gasteiger partial charge in [-0.05, 0) is 30.7 Å². The Kier molecular flexibility index (Phi) is 2.44. The van der Waals surface area contributed by atoms with Crippen LogP contribution in [0.5, 0.6) is 11.5 Å². The van der Waals surface area contributed by atoms with E-state index in [1.54, 1.807) is 12.4 Å². The standard InChI is InChI=1S/C13H11NO2S/c1-9-2-3-12-13(6-9)17(15)8-10-7-14-5-4-11(10)16-12/h2-7H,8H2,1H3. The molecule has 4 heteroatoms. The molecule has 0 fully saturated rings. The Balaban J connectivity index is 2.17. The summed E-state index contributed by atoms with van der Waals surface area (Å²) in [6.07, 6.45) is 3.40. The summed E-state index contributed by atoms with van der Waals surface area (Å²) in [4.78, 5) is 4.81. The summed E-state index contributed by atoms with van der Waals surface area (Å²) in [6, 6.07) is 7.56. The summed E-state index contributed by atoms with van der Waals surface area (Å²) in [5.74, 6) is 1.88. The number of hydrogen-bond acceptors (Lipinski definition) is 3. The molecule has 17 heavy (non-hydrogen) atoms. The molecule has 0 saturated heterocycles. The Morgan fingerprint density at radius 3 is 3.06 bits per heavy atom. The molecule has 1 unspecified atom stereocenters. The molecule has 0 bridgehead atoms. The molecule has 0 N–H and O–H groups in total. The van der Waals surface area contributed by atoms with Crippen LogP contribution in [0.15, 0.2) is 41.6 Å². The van der Waals surface area contributed by atoms with E-state index in [4.69, 9.17) is 4.74 Å². The number of rotatable bonds is 0. The lowest BCUT2D eigenvalue weighted by Gasteiger charge is -2.07. The normalized spacial score (nSPS) is 17.6. The molecule has 1 aliphatic heterocycles. The minimum Gasteiger partial charge on any atom is -0.456 e. The highest BCUT2D eigenvalue weighted by Gasteiger charge is 2.20. The molecule has 1 aromatic carbocycles. The van der Waals surface area contributed by atoms with Crippen LogP contribution in [0.4, 0.5) is 0 Å². The number of nitrogens with zero attached hydrogens (tertiary/aromatic N) is 1. The van der Waals surface area contributed by atoms with Gasteiger partial charge in [-0.25, -0.2) is 0 Å². The van der Waals surface area contributed by atoms with Gasteiger partial charge in [0, 0.05) is 18.0 Å². The fraction of sp³-hybridized carbons (Fsp3) is 0.154. The van der Waals surface area contributed by atoms with E-state index in [1.165, 1.54) is 0 Å². The molecular weight excluding hydrogens is 234 g/mol. The van der Waals surface area contributed by atoms with Gasteiger partial charge in [0.15, 0.2) is 0 Å². The quantitative estimate of drug-likeness (QED) is 0.716. The Morgan fingerprint density at radius 2 is 2.18 bits per heavy atom. The predicted octanol–water partition coefficient (Wildman–Crippen LogP) is 2.80. The number of pyridine rings is 1. The lowest BCUT2D eigenvalue weighted by Crippen LogP contribution is -1.94. The van der Waals surface area contributed by atoms with E-state index in [2.05, 4.69) is 4.98 Å². The van der Waals surface area contributed by atoms with Crippen molar-refractivity contribution in [3.05, 3.63) is 47.8 Å². The summed E-state index contributed by atoms with van der Waals surface area (Å²) in [6.45, 7) is 1.98. The zero-order chi connectivity index (χ0) is 11.8. The highest BCUT2D eigenvalue weighted by Crippen LogP contribution is 2.35. The molecule has 2 heterocycles. The van der Waals surface area contributed by atoms with E-state index in [-0.39, 0.29) is 0 Å². The lowest BCUT2D eigenvalue weighted by atomic mass is 10.2. The summed E-state index contributed by atoms with van der Waals surface area (Å²) in [5.41, 5.74) is 1.98. The number of benzene rings is 1. The highest BCUT2D eigenvalue weighted by atomic mass is 32.2. The minimum absolute atomic E-state index is 0.458. The zero-order valence-electron chi connectivity index (χ0n) is 9.34. The number of hydrogen-bond donors (Lipinski definition) is 0. The first-order chi connectivity index (χ1) is 8.24. The monoisotopic (exact) mass is 245 g/mol. The van der Waals surface area contributed by atoms with Crippen molar-refractivity contribution in [1.29, 1.82) is 0 Å². The second-order valence-electron chi connectivity index (χ2n) is 4.03. The van der Waals surface area contributed by atoms with Gasteiger partial charge in [0.2, 0.25) is 0 Å². The average molecular weight is 245 g/mol. The fourth-order valence-electron chi connectivity index (χ4n) is 1.84. The SMILES string of the molecule is Cc1ccc2c(c1)S(=O)Cc1cnccc1O2. The topological polar surface area (TPSA) is 39.2 Å². The van der Waals surface area contributed by atoms with Gasteiger partial charge in [0.25, 0.3) is 0 Å². The lowest BCUT2D eigenvalue weighted by molar-refractivity contribution is 0.468. The van der Waals surface area contributed by atoms with Crippen LogP contribution in [0, 0.1) is 6.92 Å². The second kappa shape index (κ2) is 3.96. The van der Waals surface area contributed by atoms with Gasteiger partial charge in [-0.1, -0.05) is 6.07 Å². The van der Waals surface area contributed by atoms with Crippen molar-refractivity contribution in [3.63, 3.8) is 0 Å². The third-order valence-corrected chi connectivity index (χ3v) is 4.09. The van der Waals surface area contributed by atoms with Crippen LogP contribution in [-0.2, 0) is 16.6 Å². The molecule has 3 rings (SSSR count). The Morgan fingerprint density at radius 1 is 1.29 bits per heavy atom. The van der Waals surface area contributed by atoms with Crippen LogP contribution in [0.2, 0.25) is 0 Å². The molecule has 0 amide bonds. The first-order valence-corrected chi connectivity index (χ1v) is 6.66. The number of fused-ring (bicyclic) bond motifs is 2. The molecule has 2 aromatic rings. The maximum Gasteiger partial charge on any atom is 0.143 e. The average Bonchev–Trinajstić information content (AvgIpc) is 2.46. The molecular formula is C13H11NO2S. The maximum atomic E-state index is 12.2. The van der Waals surface area contributed by atoms with Crippen LogP contribution in [-0.4, -0.2) is 9.19 Å². The third-order valence-electron chi connectivity index (χ3n) is 2.71. The van der Waals surface area contributed by atoms with E-state index in [0.717, 1.165) is 21.8 Å². The van der Waals surface area contributed by atoms with Crippen molar-refractivity contribution >= 4 is 10.8 Å². The molecule has 86 valence electrons. The van der Waals surface area contributed by atoms with Crippen molar-refractivity contribution in [2.75, 3.05) is 0 Å². The summed E-state index contributed by atoms with van der Waals surface area (Å²) < 4.78 is 18.0.